The number of carbonyl (C=O) groups is 2. The zero-order valence-electron chi connectivity index (χ0n) is 23.2. The standard InChI is InChI=1S/C29H43N3O4S/c1-7-9-16-30-29(34)27(8-2)31(21-25-14-12-22(3)13-15-25)28(33)11-10-17-32(37(6,35)36)26-19-23(4)18-24(5)20-26/h12-15,18-20,27H,7-11,16-17,21H2,1-6H3,(H,30,34)/t27-/m0/s1. The van der Waals surface area contributed by atoms with Crippen molar-refractivity contribution in [2.45, 2.75) is 79.3 Å². The van der Waals surface area contributed by atoms with E-state index in [-0.39, 0.29) is 24.8 Å². The molecule has 0 heterocycles. The van der Waals surface area contributed by atoms with Gasteiger partial charge in [0, 0.05) is 26.1 Å². The second-order valence-electron chi connectivity index (χ2n) is 9.86. The lowest BCUT2D eigenvalue weighted by atomic mass is 10.1. The molecule has 0 spiro atoms. The topological polar surface area (TPSA) is 86.8 Å². The second-order valence-corrected chi connectivity index (χ2v) is 11.8. The zero-order chi connectivity index (χ0) is 27.6. The molecule has 0 fully saturated rings. The highest BCUT2D eigenvalue weighted by Crippen LogP contribution is 2.22. The first-order valence-electron chi connectivity index (χ1n) is 13.1. The lowest BCUT2D eigenvalue weighted by Gasteiger charge is -2.31. The molecular formula is C29H43N3O4S. The van der Waals surface area contributed by atoms with E-state index in [2.05, 4.69) is 12.2 Å². The van der Waals surface area contributed by atoms with Gasteiger partial charge in [0.25, 0.3) is 0 Å². The molecule has 0 aliphatic carbocycles. The van der Waals surface area contributed by atoms with E-state index in [0.717, 1.165) is 35.1 Å². The van der Waals surface area contributed by atoms with Gasteiger partial charge in [-0.25, -0.2) is 8.42 Å². The van der Waals surface area contributed by atoms with Crippen molar-refractivity contribution in [2.75, 3.05) is 23.7 Å². The molecule has 0 saturated heterocycles. The van der Waals surface area contributed by atoms with Crippen LogP contribution in [0, 0.1) is 20.8 Å². The van der Waals surface area contributed by atoms with E-state index in [1.165, 1.54) is 10.6 Å². The highest BCUT2D eigenvalue weighted by atomic mass is 32.2. The lowest BCUT2D eigenvalue weighted by molar-refractivity contribution is -0.141. The summed E-state index contributed by atoms with van der Waals surface area (Å²) in [5.41, 5.74) is 4.63. The minimum Gasteiger partial charge on any atom is -0.354 e. The molecule has 1 N–H and O–H groups in total. The molecule has 0 aliphatic rings. The van der Waals surface area contributed by atoms with Crippen molar-refractivity contribution < 1.29 is 18.0 Å². The summed E-state index contributed by atoms with van der Waals surface area (Å²) in [4.78, 5) is 28.2. The summed E-state index contributed by atoms with van der Waals surface area (Å²) in [6, 6.07) is 13.0. The monoisotopic (exact) mass is 529 g/mol. The van der Waals surface area contributed by atoms with Crippen LogP contribution in [0.2, 0.25) is 0 Å². The number of hydrogen-bond acceptors (Lipinski definition) is 4. The van der Waals surface area contributed by atoms with E-state index in [0.29, 0.717) is 31.6 Å². The number of rotatable bonds is 14. The first-order chi connectivity index (χ1) is 17.5. The summed E-state index contributed by atoms with van der Waals surface area (Å²) in [6.45, 7) is 10.9. The van der Waals surface area contributed by atoms with Gasteiger partial charge in [-0.1, -0.05) is 56.2 Å². The van der Waals surface area contributed by atoms with E-state index >= 15 is 0 Å². The summed E-state index contributed by atoms with van der Waals surface area (Å²) in [5.74, 6) is -0.309. The predicted molar refractivity (Wildman–Crippen MR) is 151 cm³/mol. The van der Waals surface area contributed by atoms with Crippen molar-refractivity contribution in [2.24, 2.45) is 0 Å². The van der Waals surface area contributed by atoms with E-state index in [1.54, 1.807) is 4.90 Å². The minimum atomic E-state index is -3.53. The molecule has 0 radical (unpaired) electrons. The fourth-order valence-electron chi connectivity index (χ4n) is 4.41. The van der Waals surface area contributed by atoms with Crippen LogP contribution in [0.25, 0.3) is 0 Å². The van der Waals surface area contributed by atoms with Gasteiger partial charge in [0.05, 0.1) is 11.9 Å². The van der Waals surface area contributed by atoms with Crippen LogP contribution in [-0.2, 0) is 26.2 Å². The third kappa shape index (κ3) is 9.50. The smallest absolute Gasteiger partial charge is 0.242 e. The van der Waals surface area contributed by atoms with Crippen LogP contribution in [0.1, 0.15) is 68.2 Å². The molecule has 0 saturated carbocycles. The van der Waals surface area contributed by atoms with Crippen LogP contribution in [0.4, 0.5) is 5.69 Å². The highest BCUT2D eigenvalue weighted by molar-refractivity contribution is 7.92. The molecule has 0 aliphatic heterocycles. The SMILES string of the molecule is CCCCNC(=O)[C@H](CC)N(Cc1ccc(C)cc1)C(=O)CCCN(c1cc(C)cc(C)c1)S(C)(=O)=O. The number of hydrogen-bond donors (Lipinski definition) is 1. The summed E-state index contributed by atoms with van der Waals surface area (Å²) >= 11 is 0. The van der Waals surface area contributed by atoms with Gasteiger partial charge < -0.3 is 10.2 Å². The predicted octanol–water partition coefficient (Wildman–Crippen LogP) is 4.88. The Hall–Kier alpha value is -2.87. The maximum Gasteiger partial charge on any atom is 0.242 e. The first kappa shape index (κ1) is 30.4. The molecule has 0 bridgehead atoms. The number of amides is 2. The van der Waals surface area contributed by atoms with E-state index in [4.69, 9.17) is 0 Å². The third-order valence-corrected chi connectivity index (χ3v) is 7.53. The van der Waals surface area contributed by atoms with Gasteiger partial charge in [0.15, 0.2) is 0 Å². The van der Waals surface area contributed by atoms with Crippen LogP contribution in [-0.4, -0.2) is 50.5 Å². The van der Waals surface area contributed by atoms with Gasteiger partial charge in [0.1, 0.15) is 6.04 Å². The fraction of sp³-hybridized carbons (Fsp3) is 0.517. The number of nitrogens with zero attached hydrogens (tertiary/aromatic N) is 2. The molecule has 37 heavy (non-hydrogen) atoms. The molecule has 2 aromatic rings. The van der Waals surface area contributed by atoms with Gasteiger partial charge in [-0.2, -0.15) is 0 Å². The Kier molecular flexibility index (Phi) is 11.6. The van der Waals surface area contributed by atoms with E-state index in [9.17, 15) is 18.0 Å². The number of unbranched alkanes of at least 4 members (excludes halogenated alkanes) is 1. The van der Waals surface area contributed by atoms with Gasteiger partial charge in [-0.05, 0) is 68.9 Å². The molecule has 204 valence electrons. The number of carbonyl (C=O) groups excluding carboxylic acids is 2. The van der Waals surface area contributed by atoms with Crippen molar-refractivity contribution >= 4 is 27.5 Å². The van der Waals surface area contributed by atoms with Crippen LogP contribution in [0.3, 0.4) is 0 Å². The van der Waals surface area contributed by atoms with Gasteiger partial charge in [0.2, 0.25) is 21.8 Å². The van der Waals surface area contributed by atoms with Gasteiger partial charge in [-0.3, -0.25) is 13.9 Å². The summed E-state index contributed by atoms with van der Waals surface area (Å²) in [7, 11) is -3.53. The molecule has 2 aromatic carbocycles. The highest BCUT2D eigenvalue weighted by Gasteiger charge is 2.28. The molecule has 0 aromatic heterocycles. The third-order valence-electron chi connectivity index (χ3n) is 6.34. The molecule has 8 heteroatoms. The fourth-order valence-corrected chi connectivity index (χ4v) is 5.36. The van der Waals surface area contributed by atoms with Crippen molar-refractivity contribution in [3.05, 3.63) is 64.7 Å². The zero-order valence-corrected chi connectivity index (χ0v) is 24.0. The Morgan fingerprint density at radius 2 is 1.54 bits per heavy atom. The largest absolute Gasteiger partial charge is 0.354 e. The Balaban J connectivity index is 2.21. The molecule has 0 unspecified atom stereocenters. The molecular weight excluding hydrogens is 486 g/mol. The summed E-state index contributed by atoms with van der Waals surface area (Å²) in [6.07, 6.45) is 4.02. The number of benzene rings is 2. The second kappa shape index (κ2) is 14.2. The summed E-state index contributed by atoms with van der Waals surface area (Å²) in [5, 5.41) is 2.97. The van der Waals surface area contributed by atoms with Crippen molar-refractivity contribution in [1.82, 2.24) is 10.2 Å². The van der Waals surface area contributed by atoms with Crippen LogP contribution < -0.4 is 9.62 Å². The first-order valence-corrected chi connectivity index (χ1v) is 15.0. The van der Waals surface area contributed by atoms with Crippen molar-refractivity contribution in [3.63, 3.8) is 0 Å². The number of anilines is 1. The Labute approximate surface area is 223 Å². The van der Waals surface area contributed by atoms with Crippen molar-refractivity contribution in [3.8, 4) is 0 Å². The Bertz CT molecular complexity index is 1130. The van der Waals surface area contributed by atoms with E-state index < -0.39 is 16.1 Å². The Morgan fingerprint density at radius 3 is 2.08 bits per heavy atom. The van der Waals surface area contributed by atoms with E-state index in [1.807, 2.05) is 70.2 Å². The lowest BCUT2D eigenvalue weighted by Crippen LogP contribution is -2.49. The number of aryl methyl sites for hydroxylation is 3. The Morgan fingerprint density at radius 1 is 0.919 bits per heavy atom. The van der Waals surface area contributed by atoms with Crippen LogP contribution >= 0.6 is 0 Å². The van der Waals surface area contributed by atoms with Crippen molar-refractivity contribution in [1.29, 1.82) is 0 Å². The number of nitrogens with one attached hydrogen (secondary N) is 1. The summed E-state index contributed by atoms with van der Waals surface area (Å²) < 4.78 is 26.5. The molecule has 7 nitrogen and oxygen atoms in total. The molecule has 1 atom stereocenters. The van der Waals surface area contributed by atoms with Gasteiger partial charge in [-0.15, -0.1) is 0 Å². The van der Waals surface area contributed by atoms with Crippen LogP contribution in [0.5, 0.6) is 0 Å². The maximum absolute atomic E-state index is 13.5. The molecule has 2 rings (SSSR count). The average Bonchev–Trinajstić information content (AvgIpc) is 2.81. The normalized spacial score (nSPS) is 12.2. The number of sulfonamides is 1. The quantitative estimate of drug-likeness (QED) is 0.353. The maximum atomic E-state index is 13.5. The average molecular weight is 530 g/mol. The van der Waals surface area contributed by atoms with Gasteiger partial charge >= 0.3 is 0 Å². The molecule has 2 amide bonds. The van der Waals surface area contributed by atoms with Crippen LogP contribution in [0.15, 0.2) is 42.5 Å². The minimum absolute atomic E-state index is 0.140.